The number of aromatic nitrogens is 6. The lowest BCUT2D eigenvalue weighted by atomic mass is 10.2. The first-order valence-electron chi connectivity index (χ1n) is 7.78. The Morgan fingerprint density at radius 1 is 1.14 bits per heavy atom. The highest BCUT2D eigenvalue weighted by atomic mass is 35.5. The molecule has 3 heterocycles. The number of amides is 1. The molecule has 0 saturated heterocycles. The molecule has 28 heavy (non-hydrogen) atoms. The van der Waals surface area contributed by atoms with Crippen LogP contribution in [-0.2, 0) is 4.79 Å². The average molecular weight is 455 g/mol. The quantitative estimate of drug-likeness (QED) is 0.458. The summed E-state index contributed by atoms with van der Waals surface area (Å²) in [5.41, 5.74) is 1.63. The summed E-state index contributed by atoms with van der Waals surface area (Å²) >= 11 is 19.4. The second-order valence-electron chi connectivity index (χ2n) is 5.52. The number of rotatable bonds is 5. The minimum absolute atomic E-state index is 0.0915. The topological polar surface area (TPSA) is 90.0 Å². The summed E-state index contributed by atoms with van der Waals surface area (Å²) in [5.74, 6) is -0.160. The Balaban J connectivity index is 1.51. The first kappa shape index (κ1) is 19.0. The SMILES string of the molecule is O=C(CSc1nnc2c(Cl)cc(Cl)cn12)Nc1cc(Cl)ccc1-n1cncn1. The predicted molar refractivity (Wildman–Crippen MR) is 109 cm³/mol. The summed E-state index contributed by atoms with van der Waals surface area (Å²) in [5, 5.41) is 16.8. The van der Waals surface area contributed by atoms with Crippen LogP contribution in [0.5, 0.6) is 0 Å². The molecule has 3 aromatic heterocycles. The number of fused-ring (bicyclic) bond motifs is 1. The average Bonchev–Trinajstić information content (AvgIpc) is 3.30. The fourth-order valence-electron chi connectivity index (χ4n) is 2.46. The molecule has 0 unspecified atom stereocenters. The van der Waals surface area contributed by atoms with Gasteiger partial charge in [0.1, 0.15) is 12.7 Å². The van der Waals surface area contributed by atoms with E-state index >= 15 is 0 Å². The summed E-state index contributed by atoms with van der Waals surface area (Å²) in [7, 11) is 0. The van der Waals surface area contributed by atoms with Gasteiger partial charge in [0.05, 0.1) is 27.2 Å². The molecule has 0 bridgehead atoms. The van der Waals surface area contributed by atoms with E-state index < -0.39 is 0 Å². The van der Waals surface area contributed by atoms with Crippen molar-refractivity contribution in [2.45, 2.75) is 5.16 Å². The number of thioether (sulfide) groups is 1. The van der Waals surface area contributed by atoms with Gasteiger partial charge in [0.25, 0.3) is 0 Å². The first-order valence-corrected chi connectivity index (χ1v) is 9.90. The van der Waals surface area contributed by atoms with Gasteiger partial charge in [0, 0.05) is 11.2 Å². The monoisotopic (exact) mass is 453 g/mol. The summed E-state index contributed by atoms with van der Waals surface area (Å²) in [6.07, 6.45) is 4.58. The Morgan fingerprint density at radius 3 is 2.79 bits per heavy atom. The van der Waals surface area contributed by atoms with Crippen molar-refractivity contribution in [3.63, 3.8) is 0 Å². The lowest BCUT2D eigenvalue weighted by Gasteiger charge is -2.11. The maximum atomic E-state index is 12.5. The van der Waals surface area contributed by atoms with Crippen molar-refractivity contribution in [1.29, 1.82) is 0 Å². The zero-order valence-corrected chi connectivity index (χ0v) is 17.0. The summed E-state index contributed by atoms with van der Waals surface area (Å²) in [6, 6.07) is 6.68. The molecule has 142 valence electrons. The molecule has 0 radical (unpaired) electrons. The molecule has 0 saturated carbocycles. The zero-order chi connectivity index (χ0) is 19.7. The number of hydrogen-bond acceptors (Lipinski definition) is 6. The van der Waals surface area contributed by atoms with Gasteiger partial charge in [-0.25, -0.2) is 9.67 Å². The number of carbonyl (C=O) groups is 1. The molecular formula is C16H10Cl3N7OS. The lowest BCUT2D eigenvalue weighted by molar-refractivity contribution is -0.113. The maximum absolute atomic E-state index is 12.5. The summed E-state index contributed by atoms with van der Waals surface area (Å²) < 4.78 is 3.18. The molecule has 1 N–H and O–H groups in total. The Hall–Kier alpha value is -2.33. The number of carbonyl (C=O) groups excluding carboxylic acids is 1. The second kappa shape index (κ2) is 7.96. The Labute approximate surface area is 177 Å². The van der Waals surface area contributed by atoms with Crippen molar-refractivity contribution in [2.24, 2.45) is 0 Å². The van der Waals surface area contributed by atoms with E-state index in [0.29, 0.717) is 37.2 Å². The van der Waals surface area contributed by atoms with Crippen LogP contribution in [0.4, 0.5) is 5.69 Å². The Kier molecular flexibility index (Phi) is 5.40. The molecular weight excluding hydrogens is 445 g/mol. The number of anilines is 1. The smallest absolute Gasteiger partial charge is 0.234 e. The van der Waals surface area contributed by atoms with E-state index in [0.717, 1.165) is 0 Å². The number of pyridine rings is 1. The van der Waals surface area contributed by atoms with Gasteiger partial charge >= 0.3 is 0 Å². The normalized spacial score (nSPS) is 11.1. The molecule has 0 aliphatic heterocycles. The van der Waals surface area contributed by atoms with Gasteiger partial charge < -0.3 is 5.32 Å². The van der Waals surface area contributed by atoms with E-state index in [-0.39, 0.29) is 11.7 Å². The number of nitrogens with zero attached hydrogens (tertiary/aromatic N) is 6. The maximum Gasteiger partial charge on any atom is 0.234 e. The third kappa shape index (κ3) is 3.93. The molecule has 0 aliphatic carbocycles. The van der Waals surface area contributed by atoms with E-state index in [9.17, 15) is 4.79 Å². The second-order valence-corrected chi connectivity index (χ2v) is 7.74. The number of benzene rings is 1. The molecule has 8 nitrogen and oxygen atoms in total. The Bertz CT molecular complexity index is 1160. The van der Waals surface area contributed by atoms with Crippen LogP contribution in [0.1, 0.15) is 0 Å². The van der Waals surface area contributed by atoms with Gasteiger partial charge in [0.2, 0.25) is 5.91 Å². The van der Waals surface area contributed by atoms with Crippen molar-refractivity contribution in [2.75, 3.05) is 11.1 Å². The minimum atomic E-state index is -0.251. The lowest BCUT2D eigenvalue weighted by Crippen LogP contribution is -2.16. The highest BCUT2D eigenvalue weighted by Crippen LogP contribution is 2.27. The first-order chi connectivity index (χ1) is 13.5. The number of hydrogen-bond donors (Lipinski definition) is 1. The number of nitrogens with one attached hydrogen (secondary N) is 1. The molecule has 0 spiro atoms. The fraction of sp³-hybridized carbons (Fsp3) is 0.0625. The van der Waals surface area contributed by atoms with Crippen molar-refractivity contribution >= 4 is 63.8 Å². The molecule has 12 heteroatoms. The molecule has 0 aliphatic rings. The van der Waals surface area contributed by atoms with E-state index in [1.54, 1.807) is 34.9 Å². The fourth-order valence-corrected chi connectivity index (χ4v) is 3.85. The van der Waals surface area contributed by atoms with E-state index in [4.69, 9.17) is 34.8 Å². The predicted octanol–water partition coefficient (Wildman–Crippen LogP) is 4.00. The van der Waals surface area contributed by atoms with E-state index in [1.807, 2.05) is 0 Å². The molecule has 4 rings (SSSR count). The highest BCUT2D eigenvalue weighted by molar-refractivity contribution is 7.99. The molecule has 4 aromatic rings. The van der Waals surface area contributed by atoms with Crippen molar-refractivity contribution in [3.8, 4) is 5.69 Å². The number of halogens is 3. The van der Waals surface area contributed by atoms with E-state index in [2.05, 4.69) is 25.6 Å². The van der Waals surface area contributed by atoms with Crippen LogP contribution in [0.3, 0.4) is 0 Å². The Morgan fingerprint density at radius 2 is 2.00 bits per heavy atom. The van der Waals surface area contributed by atoms with Crippen molar-refractivity contribution < 1.29 is 4.79 Å². The van der Waals surface area contributed by atoms with Gasteiger partial charge in [0.15, 0.2) is 10.8 Å². The molecule has 1 aromatic carbocycles. The van der Waals surface area contributed by atoms with Crippen LogP contribution in [-0.4, -0.2) is 41.0 Å². The van der Waals surface area contributed by atoms with Crippen LogP contribution in [0.15, 0.2) is 48.3 Å². The van der Waals surface area contributed by atoms with Gasteiger partial charge in [-0.3, -0.25) is 9.20 Å². The van der Waals surface area contributed by atoms with Crippen molar-refractivity contribution in [1.82, 2.24) is 29.4 Å². The standard InChI is InChI=1S/C16H10Cl3N7OS/c17-9-1-2-13(26-8-20-7-21-26)12(4-9)22-14(27)6-28-16-24-23-15-11(19)3-10(18)5-25(15)16/h1-5,7-8H,6H2,(H,22,27). The van der Waals surface area contributed by atoms with Crippen LogP contribution >= 0.6 is 46.6 Å². The molecule has 0 atom stereocenters. The van der Waals surface area contributed by atoms with Gasteiger partial charge in [-0.1, -0.05) is 46.6 Å². The van der Waals surface area contributed by atoms with Gasteiger partial charge in [-0.2, -0.15) is 5.10 Å². The molecule has 0 fully saturated rings. The van der Waals surface area contributed by atoms with Crippen LogP contribution in [0.2, 0.25) is 15.1 Å². The zero-order valence-electron chi connectivity index (χ0n) is 13.9. The highest BCUT2D eigenvalue weighted by Gasteiger charge is 2.14. The van der Waals surface area contributed by atoms with Crippen LogP contribution in [0.25, 0.3) is 11.3 Å². The van der Waals surface area contributed by atoms with E-state index in [1.165, 1.54) is 29.1 Å². The van der Waals surface area contributed by atoms with Crippen LogP contribution in [0, 0.1) is 0 Å². The van der Waals surface area contributed by atoms with Crippen molar-refractivity contribution in [3.05, 3.63) is 58.2 Å². The molecule has 1 amide bonds. The van der Waals surface area contributed by atoms with Crippen LogP contribution < -0.4 is 5.32 Å². The largest absolute Gasteiger partial charge is 0.323 e. The summed E-state index contributed by atoms with van der Waals surface area (Å²) in [6.45, 7) is 0. The third-order valence-corrected chi connectivity index (χ3v) is 5.29. The van der Waals surface area contributed by atoms with Gasteiger partial charge in [-0.05, 0) is 24.3 Å². The minimum Gasteiger partial charge on any atom is -0.323 e. The van der Waals surface area contributed by atoms with Gasteiger partial charge in [-0.15, -0.1) is 10.2 Å². The summed E-state index contributed by atoms with van der Waals surface area (Å²) in [4.78, 5) is 16.4. The third-order valence-electron chi connectivity index (χ3n) is 3.63.